The van der Waals surface area contributed by atoms with Gasteiger partial charge in [0.05, 0.1) is 4.88 Å². The first-order valence-corrected chi connectivity index (χ1v) is 5.00. The summed E-state index contributed by atoms with van der Waals surface area (Å²) < 4.78 is 0. The molecular weight excluding hydrogens is 186 g/mol. The first kappa shape index (κ1) is 10.2. The Bertz CT molecular complexity index is 296. The minimum absolute atomic E-state index is 0.0802. The summed E-state index contributed by atoms with van der Waals surface area (Å²) in [5.41, 5.74) is 3.91. The predicted octanol–water partition coefficient (Wildman–Crippen LogP) is -0.130. The van der Waals surface area contributed by atoms with Crippen LogP contribution >= 0.6 is 11.3 Å². The van der Waals surface area contributed by atoms with Crippen molar-refractivity contribution in [1.29, 1.82) is 0 Å². The van der Waals surface area contributed by atoms with E-state index >= 15 is 0 Å². The zero-order chi connectivity index (χ0) is 9.84. The van der Waals surface area contributed by atoms with Gasteiger partial charge in [0.2, 0.25) is 0 Å². The second kappa shape index (κ2) is 4.39. The molecule has 0 saturated carbocycles. The second-order valence-corrected chi connectivity index (χ2v) is 4.38. The average Bonchev–Trinajstić information content (AvgIpc) is 2.47. The molecule has 13 heavy (non-hydrogen) atoms. The molecule has 1 heterocycles. The van der Waals surface area contributed by atoms with Gasteiger partial charge < -0.3 is 15.6 Å². The summed E-state index contributed by atoms with van der Waals surface area (Å²) >= 11 is 1.67. The van der Waals surface area contributed by atoms with Crippen LogP contribution < -0.4 is 10.8 Å². The lowest BCUT2D eigenvalue weighted by atomic mass is 10.1. The molecular formula is C9H13NO2S. The third-order valence-corrected chi connectivity index (χ3v) is 3.02. The van der Waals surface area contributed by atoms with Gasteiger partial charge in [-0.25, -0.2) is 0 Å². The smallest absolute Gasteiger partial charge is 0.120 e. The average molecular weight is 199 g/mol. The molecule has 1 atom stereocenters. The van der Waals surface area contributed by atoms with Gasteiger partial charge in [-0.2, -0.15) is 0 Å². The van der Waals surface area contributed by atoms with Crippen molar-refractivity contribution in [1.82, 2.24) is 0 Å². The van der Waals surface area contributed by atoms with Gasteiger partial charge in [0.1, 0.15) is 6.04 Å². The molecule has 3 N–H and O–H groups in total. The lowest BCUT2D eigenvalue weighted by Crippen LogP contribution is -2.53. The highest BCUT2D eigenvalue weighted by molar-refractivity contribution is 7.11. The first-order valence-electron chi connectivity index (χ1n) is 4.19. The van der Waals surface area contributed by atoms with Crippen LogP contribution in [0.2, 0.25) is 0 Å². The number of rotatable bonds is 4. The van der Waals surface area contributed by atoms with E-state index in [0.29, 0.717) is 6.42 Å². The normalized spacial score (nSPS) is 12.8. The van der Waals surface area contributed by atoms with Gasteiger partial charge in [-0.05, 0) is 25.5 Å². The summed E-state index contributed by atoms with van der Waals surface area (Å²) in [6.45, 7) is 2.03. The Hall–Kier alpha value is -0.870. The maximum Gasteiger partial charge on any atom is 0.120 e. The SMILES string of the molecule is Cc1ccc([C@@H]([NH3+])CCC(=O)[O-])s1. The van der Waals surface area contributed by atoms with Gasteiger partial charge in [-0.1, -0.05) is 0 Å². The van der Waals surface area contributed by atoms with E-state index in [4.69, 9.17) is 0 Å². The maximum atomic E-state index is 10.2. The summed E-state index contributed by atoms with van der Waals surface area (Å²) in [7, 11) is 0. The quantitative estimate of drug-likeness (QED) is 0.734. The number of carboxylic acids is 1. The third kappa shape index (κ3) is 3.16. The summed E-state index contributed by atoms with van der Waals surface area (Å²) in [6.07, 6.45) is 0.646. The van der Waals surface area contributed by atoms with Gasteiger partial charge in [-0.3, -0.25) is 0 Å². The van der Waals surface area contributed by atoms with Crippen molar-refractivity contribution in [3.8, 4) is 0 Å². The Morgan fingerprint density at radius 2 is 2.38 bits per heavy atom. The Kier molecular flexibility index (Phi) is 3.45. The highest BCUT2D eigenvalue weighted by Crippen LogP contribution is 2.22. The van der Waals surface area contributed by atoms with Crippen LogP contribution in [0.25, 0.3) is 0 Å². The summed E-state index contributed by atoms with van der Waals surface area (Å²) in [5, 5.41) is 10.2. The van der Waals surface area contributed by atoms with Crippen LogP contribution in [-0.4, -0.2) is 5.97 Å². The standard InChI is InChI=1S/C9H13NO2S/c1-6-2-4-8(13-6)7(10)3-5-9(11)12/h2,4,7H,3,5,10H2,1H3,(H,11,12)/t7-/m0/s1. The highest BCUT2D eigenvalue weighted by atomic mass is 32.1. The molecule has 0 bridgehead atoms. The van der Waals surface area contributed by atoms with E-state index in [0.717, 1.165) is 4.88 Å². The Morgan fingerprint density at radius 1 is 1.69 bits per heavy atom. The number of carbonyl (C=O) groups excluding carboxylic acids is 1. The van der Waals surface area contributed by atoms with Crippen molar-refractivity contribution in [3.63, 3.8) is 0 Å². The van der Waals surface area contributed by atoms with Crippen molar-refractivity contribution in [2.24, 2.45) is 0 Å². The van der Waals surface area contributed by atoms with Crippen LogP contribution in [0.1, 0.15) is 28.6 Å². The van der Waals surface area contributed by atoms with Crippen LogP contribution in [0, 0.1) is 6.92 Å². The number of hydrogen-bond donors (Lipinski definition) is 1. The van der Waals surface area contributed by atoms with Crippen molar-refractivity contribution in [3.05, 3.63) is 21.9 Å². The minimum atomic E-state index is -0.998. The molecule has 0 radical (unpaired) electrons. The first-order chi connectivity index (χ1) is 6.09. The summed E-state index contributed by atoms with van der Waals surface area (Å²) in [5.74, 6) is -0.998. The fourth-order valence-electron chi connectivity index (χ4n) is 1.11. The number of aliphatic carboxylic acids is 1. The minimum Gasteiger partial charge on any atom is -0.550 e. The van der Waals surface area contributed by atoms with Crippen molar-refractivity contribution >= 4 is 17.3 Å². The highest BCUT2D eigenvalue weighted by Gasteiger charge is 2.10. The van der Waals surface area contributed by atoms with Crippen LogP contribution in [0.3, 0.4) is 0 Å². The zero-order valence-corrected chi connectivity index (χ0v) is 8.39. The molecule has 0 fully saturated rings. The second-order valence-electron chi connectivity index (χ2n) is 3.06. The molecule has 72 valence electrons. The molecule has 1 aromatic heterocycles. The van der Waals surface area contributed by atoms with Gasteiger partial charge in [-0.15, -0.1) is 11.3 Å². The van der Waals surface area contributed by atoms with E-state index in [-0.39, 0.29) is 12.5 Å². The van der Waals surface area contributed by atoms with Gasteiger partial charge in [0.25, 0.3) is 0 Å². The molecule has 1 rings (SSSR count). The van der Waals surface area contributed by atoms with Gasteiger partial charge >= 0.3 is 0 Å². The molecule has 0 aliphatic carbocycles. The maximum absolute atomic E-state index is 10.2. The van der Waals surface area contributed by atoms with Crippen LogP contribution in [0.5, 0.6) is 0 Å². The molecule has 4 heteroatoms. The molecule has 0 aromatic carbocycles. The molecule has 0 aliphatic rings. The van der Waals surface area contributed by atoms with E-state index in [1.165, 1.54) is 4.88 Å². The zero-order valence-electron chi connectivity index (χ0n) is 7.58. The van der Waals surface area contributed by atoms with E-state index in [1.807, 2.05) is 19.1 Å². The van der Waals surface area contributed by atoms with Crippen molar-refractivity contribution < 1.29 is 15.6 Å². The van der Waals surface area contributed by atoms with Crippen LogP contribution in [-0.2, 0) is 4.79 Å². The third-order valence-electron chi connectivity index (χ3n) is 1.86. The van der Waals surface area contributed by atoms with E-state index < -0.39 is 5.97 Å². The Morgan fingerprint density at radius 3 is 2.85 bits per heavy atom. The van der Waals surface area contributed by atoms with E-state index in [2.05, 4.69) is 5.73 Å². The number of quaternary nitrogens is 1. The molecule has 1 aromatic rings. The Labute approximate surface area is 81.2 Å². The Balaban J connectivity index is 2.48. The molecule has 0 saturated heterocycles. The fraction of sp³-hybridized carbons (Fsp3) is 0.444. The van der Waals surface area contributed by atoms with Gasteiger partial charge in [0, 0.05) is 17.3 Å². The molecule has 0 unspecified atom stereocenters. The number of thiophene rings is 1. The fourth-order valence-corrected chi connectivity index (χ4v) is 2.04. The predicted molar refractivity (Wildman–Crippen MR) is 48.9 cm³/mol. The van der Waals surface area contributed by atoms with Crippen molar-refractivity contribution in [2.75, 3.05) is 0 Å². The lowest BCUT2D eigenvalue weighted by molar-refractivity contribution is -0.427. The molecule has 0 amide bonds. The molecule has 0 spiro atoms. The molecule has 3 nitrogen and oxygen atoms in total. The summed E-state index contributed by atoms with van der Waals surface area (Å²) in [6, 6.07) is 4.11. The van der Waals surface area contributed by atoms with Crippen molar-refractivity contribution in [2.45, 2.75) is 25.8 Å². The largest absolute Gasteiger partial charge is 0.550 e. The number of aryl methyl sites for hydroxylation is 1. The number of carbonyl (C=O) groups is 1. The van der Waals surface area contributed by atoms with Gasteiger partial charge in [0.15, 0.2) is 0 Å². The molecule has 0 aliphatic heterocycles. The number of hydrogen-bond acceptors (Lipinski definition) is 3. The van der Waals surface area contributed by atoms with Crippen LogP contribution in [0.15, 0.2) is 12.1 Å². The van der Waals surface area contributed by atoms with E-state index in [9.17, 15) is 9.90 Å². The topological polar surface area (TPSA) is 67.8 Å². The lowest BCUT2D eigenvalue weighted by Gasteiger charge is -2.06. The van der Waals surface area contributed by atoms with E-state index in [1.54, 1.807) is 11.3 Å². The van der Waals surface area contributed by atoms with Crippen LogP contribution in [0.4, 0.5) is 0 Å². The number of carboxylic acid groups (broad SMARTS) is 1. The monoisotopic (exact) mass is 199 g/mol. The summed E-state index contributed by atoms with van der Waals surface area (Å²) in [4.78, 5) is 12.6.